The molecule has 1 aromatic carbocycles. The Bertz CT molecular complexity index is 559. The first-order valence-corrected chi connectivity index (χ1v) is 7.40. The molecule has 0 amide bonds. The number of anilines is 1. The maximum atomic E-state index is 4.54. The molecule has 0 fully saturated rings. The summed E-state index contributed by atoms with van der Waals surface area (Å²) in [5.41, 5.74) is 1.32. The van der Waals surface area contributed by atoms with Gasteiger partial charge in [0.05, 0.1) is 6.54 Å². The lowest BCUT2D eigenvalue weighted by molar-refractivity contribution is 0.749. The minimum absolute atomic E-state index is 0.688. The molecule has 0 atom stereocenters. The van der Waals surface area contributed by atoms with Crippen molar-refractivity contribution in [2.45, 2.75) is 13.0 Å². The van der Waals surface area contributed by atoms with E-state index in [0.29, 0.717) is 6.54 Å². The van der Waals surface area contributed by atoms with E-state index in [1.54, 1.807) is 0 Å². The van der Waals surface area contributed by atoms with E-state index < -0.39 is 0 Å². The van der Waals surface area contributed by atoms with Gasteiger partial charge in [0.1, 0.15) is 11.6 Å². The van der Waals surface area contributed by atoms with Crippen LogP contribution in [0.2, 0.25) is 0 Å². The van der Waals surface area contributed by atoms with Crippen LogP contribution in [0.5, 0.6) is 0 Å². The van der Waals surface area contributed by atoms with Crippen molar-refractivity contribution in [3.8, 4) is 0 Å². The van der Waals surface area contributed by atoms with Crippen LogP contribution in [0.1, 0.15) is 11.4 Å². The summed E-state index contributed by atoms with van der Waals surface area (Å²) in [6.45, 7) is 1.61. The molecule has 0 aliphatic carbocycles. The van der Waals surface area contributed by atoms with Crippen LogP contribution in [0.15, 0.2) is 41.0 Å². The van der Waals surface area contributed by atoms with Crippen LogP contribution in [0.4, 0.5) is 5.82 Å². The number of nitrogens with one attached hydrogen (secondary N) is 1. The molecule has 0 saturated heterocycles. The van der Waals surface area contributed by atoms with Crippen molar-refractivity contribution in [2.75, 3.05) is 25.5 Å². The van der Waals surface area contributed by atoms with E-state index in [4.69, 9.17) is 0 Å². The van der Waals surface area contributed by atoms with Crippen molar-refractivity contribution in [1.82, 2.24) is 15.3 Å². The van der Waals surface area contributed by atoms with Gasteiger partial charge in [0.2, 0.25) is 0 Å². The number of likely N-dealkylation sites (N-methyl/N-ethyl adjacent to an activating group) is 1. The highest BCUT2D eigenvalue weighted by Gasteiger charge is 2.05. The molecular formula is C15H19BrN4. The fraction of sp³-hybridized carbons (Fsp3) is 0.333. The van der Waals surface area contributed by atoms with Gasteiger partial charge in [0.15, 0.2) is 0 Å². The van der Waals surface area contributed by atoms with Crippen LogP contribution in [-0.2, 0) is 13.0 Å². The first-order valence-electron chi connectivity index (χ1n) is 6.61. The van der Waals surface area contributed by atoms with E-state index in [1.165, 1.54) is 5.56 Å². The average molecular weight is 335 g/mol. The maximum absolute atomic E-state index is 4.54. The molecule has 0 saturated carbocycles. The van der Waals surface area contributed by atoms with E-state index >= 15 is 0 Å². The zero-order valence-corrected chi connectivity index (χ0v) is 13.4. The summed E-state index contributed by atoms with van der Waals surface area (Å²) in [5.74, 6) is 1.78. The number of aromatic nitrogens is 2. The van der Waals surface area contributed by atoms with Gasteiger partial charge in [-0.3, -0.25) is 0 Å². The molecule has 1 N–H and O–H groups in total. The lowest BCUT2D eigenvalue weighted by Gasteiger charge is -2.18. The quantitative estimate of drug-likeness (QED) is 0.881. The van der Waals surface area contributed by atoms with Gasteiger partial charge >= 0.3 is 0 Å². The monoisotopic (exact) mass is 334 g/mol. The summed E-state index contributed by atoms with van der Waals surface area (Å²) in [7, 11) is 3.95. The molecule has 0 aliphatic heterocycles. The van der Waals surface area contributed by atoms with E-state index in [1.807, 2.05) is 25.4 Å². The van der Waals surface area contributed by atoms with E-state index in [-0.39, 0.29) is 0 Å². The molecule has 106 valence electrons. The third-order valence-corrected chi connectivity index (χ3v) is 3.53. The second kappa shape index (κ2) is 7.36. The zero-order valence-electron chi connectivity index (χ0n) is 11.8. The van der Waals surface area contributed by atoms with Crippen LogP contribution in [0.3, 0.4) is 0 Å². The van der Waals surface area contributed by atoms with Gasteiger partial charge in [-0.1, -0.05) is 28.1 Å². The van der Waals surface area contributed by atoms with Crippen LogP contribution in [-0.4, -0.2) is 30.6 Å². The highest BCUT2D eigenvalue weighted by atomic mass is 79.9. The Balaban J connectivity index is 1.97. The summed E-state index contributed by atoms with van der Waals surface area (Å²) in [6.07, 6.45) is 2.80. The molecule has 5 heteroatoms. The number of rotatable bonds is 6. The number of nitrogens with zero attached hydrogens (tertiary/aromatic N) is 3. The first-order chi connectivity index (χ1) is 9.69. The molecule has 0 unspecified atom stereocenters. The van der Waals surface area contributed by atoms with Gasteiger partial charge in [-0.05, 0) is 37.2 Å². The third-order valence-electron chi connectivity index (χ3n) is 3.04. The topological polar surface area (TPSA) is 41.1 Å². The van der Waals surface area contributed by atoms with E-state index in [0.717, 1.165) is 29.1 Å². The van der Waals surface area contributed by atoms with Crippen molar-refractivity contribution in [1.29, 1.82) is 0 Å². The predicted octanol–water partition coefficient (Wildman–Crippen LogP) is 2.64. The zero-order chi connectivity index (χ0) is 14.4. The Morgan fingerprint density at radius 3 is 2.90 bits per heavy atom. The molecule has 1 heterocycles. The highest BCUT2D eigenvalue weighted by Crippen LogP contribution is 2.14. The predicted molar refractivity (Wildman–Crippen MR) is 85.9 cm³/mol. The largest absolute Gasteiger partial charge is 0.359 e. The highest BCUT2D eigenvalue weighted by molar-refractivity contribution is 9.10. The molecule has 0 radical (unpaired) electrons. The minimum Gasteiger partial charge on any atom is -0.359 e. The van der Waals surface area contributed by atoms with Crippen molar-refractivity contribution < 1.29 is 0 Å². The van der Waals surface area contributed by atoms with Crippen molar-refractivity contribution in [2.24, 2.45) is 0 Å². The van der Waals surface area contributed by atoms with E-state index in [2.05, 4.69) is 61.4 Å². The van der Waals surface area contributed by atoms with Crippen LogP contribution < -0.4 is 10.2 Å². The number of benzene rings is 1. The molecule has 4 nitrogen and oxygen atoms in total. The summed E-state index contributed by atoms with van der Waals surface area (Å²) in [6, 6.07) is 10.3. The first kappa shape index (κ1) is 14.9. The van der Waals surface area contributed by atoms with Gasteiger partial charge in [-0.25, -0.2) is 9.97 Å². The molecule has 0 bridgehead atoms. The molecule has 0 spiro atoms. The molecular weight excluding hydrogens is 316 g/mol. The lowest BCUT2D eigenvalue weighted by Crippen LogP contribution is -2.22. The van der Waals surface area contributed by atoms with Crippen molar-refractivity contribution in [3.05, 3.63) is 52.4 Å². The van der Waals surface area contributed by atoms with Crippen LogP contribution >= 0.6 is 15.9 Å². The lowest BCUT2D eigenvalue weighted by atomic mass is 10.1. The Morgan fingerprint density at radius 2 is 2.15 bits per heavy atom. The van der Waals surface area contributed by atoms with Gasteiger partial charge in [-0.15, -0.1) is 0 Å². The van der Waals surface area contributed by atoms with Gasteiger partial charge in [-0.2, -0.15) is 0 Å². The molecule has 2 aromatic rings. The Kier molecular flexibility index (Phi) is 5.49. The SMILES string of the molecule is CNCc1nccc(N(C)CCc2cccc(Br)c2)n1. The molecule has 20 heavy (non-hydrogen) atoms. The van der Waals surface area contributed by atoms with E-state index in [9.17, 15) is 0 Å². The average Bonchev–Trinajstić information content (AvgIpc) is 2.45. The van der Waals surface area contributed by atoms with Crippen LogP contribution in [0, 0.1) is 0 Å². The Labute approximate surface area is 128 Å². The number of hydrogen-bond acceptors (Lipinski definition) is 4. The smallest absolute Gasteiger partial charge is 0.144 e. The second-order valence-electron chi connectivity index (χ2n) is 4.66. The summed E-state index contributed by atoms with van der Waals surface area (Å²) < 4.78 is 1.12. The summed E-state index contributed by atoms with van der Waals surface area (Å²) >= 11 is 3.50. The molecule has 1 aromatic heterocycles. The second-order valence-corrected chi connectivity index (χ2v) is 5.58. The summed E-state index contributed by atoms with van der Waals surface area (Å²) in [5, 5.41) is 3.07. The standard InChI is InChI=1S/C15H19BrN4/c1-17-11-14-18-8-6-15(19-14)20(2)9-7-12-4-3-5-13(16)10-12/h3-6,8,10,17H,7,9,11H2,1-2H3. The van der Waals surface area contributed by atoms with Gasteiger partial charge < -0.3 is 10.2 Å². The Hall–Kier alpha value is -1.46. The van der Waals surface area contributed by atoms with Crippen LogP contribution in [0.25, 0.3) is 0 Å². The third kappa shape index (κ3) is 4.28. The fourth-order valence-corrected chi connectivity index (χ4v) is 2.39. The summed E-state index contributed by atoms with van der Waals surface area (Å²) in [4.78, 5) is 10.9. The van der Waals surface area contributed by atoms with Crippen molar-refractivity contribution in [3.63, 3.8) is 0 Å². The minimum atomic E-state index is 0.688. The normalized spacial score (nSPS) is 10.6. The van der Waals surface area contributed by atoms with Gasteiger partial charge in [0.25, 0.3) is 0 Å². The molecule has 2 rings (SSSR count). The number of halogens is 1. The Morgan fingerprint density at radius 1 is 1.30 bits per heavy atom. The number of hydrogen-bond donors (Lipinski definition) is 1. The van der Waals surface area contributed by atoms with Gasteiger partial charge in [0, 0.05) is 24.3 Å². The van der Waals surface area contributed by atoms with Crippen molar-refractivity contribution >= 4 is 21.7 Å². The maximum Gasteiger partial charge on any atom is 0.144 e. The molecule has 0 aliphatic rings. The fourth-order valence-electron chi connectivity index (χ4n) is 1.95.